The lowest BCUT2D eigenvalue weighted by Gasteiger charge is -2.09. The highest BCUT2D eigenvalue weighted by Gasteiger charge is 2.13. The SMILES string of the molecule is COc1ccc(-c2n[nH]c(=S)n2CC(=O)Nc2ccccc2O)cc1. The number of hydrogen-bond acceptors (Lipinski definition) is 5. The molecule has 3 N–H and O–H groups in total. The maximum atomic E-state index is 12.3. The monoisotopic (exact) mass is 356 g/mol. The van der Waals surface area contributed by atoms with Crippen LogP contribution in [0.2, 0.25) is 0 Å². The van der Waals surface area contributed by atoms with E-state index in [0.717, 1.165) is 11.3 Å². The van der Waals surface area contributed by atoms with Crippen molar-refractivity contribution >= 4 is 23.8 Å². The molecule has 3 aromatic rings. The number of amides is 1. The van der Waals surface area contributed by atoms with Gasteiger partial charge in [-0.2, -0.15) is 5.10 Å². The number of carbonyl (C=O) groups excluding carboxylic acids is 1. The van der Waals surface area contributed by atoms with Crippen LogP contribution in [0.15, 0.2) is 48.5 Å². The lowest BCUT2D eigenvalue weighted by atomic mass is 10.2. The van der Waals surface area contributed by atoms with Crippen molar-refractivity contribution in [2.24, 2.45) is 0 Å². The number of methoxy groups -OCH3 is 1. The van der Waals surface area contributed by atoms with E-state index >= 15 is 0 Å². The van der Waals surface area contributed by atoms with Crippen LogP contribution in [0.25, 0.3) is 11.4 Å². The van der Waals surface area contributed by atoms with E-state index in [1.807, 2.05) is 12.1 Å². The lowest BCUT2D eigenvalue weighted by Crippen LogP contribution is -2.19. The van der Waals surface area contributed by atoms with Crippen LogP contribution >= 0.6 is 12.2 Å². The normalized spacial score (nSPS) is 10.4. The number of carbonyl (C=O) groups is 1. The summed E-state index contributed by atoms with van der Waals surface area (Å²) in [5.74, 6) is 0.942. The molecule has 7 nitrogen and oxygen atoms in total. The summed E-state index contributed by atoms with van der Waals surface area (Å²) in [7, 11) is 1.59. The number of aromatic amines is 1. The van der Waals surface area contributed by atoms with Gasteiger partial charge in [0.15, 0.2) is 10.6 Å². The highest BCUT2D eigenvalue weighted by atomic mass is 32.1. The number of benzene rings is 2. The number of nitrogens with zero attached hydrogens (tertiary/aromatic N) is 2. The van der Waals surface area contributed by atoms with E-state index in [-0.39, 0.29) is 18.2 Å². The molecule has 1 amide bonds. The maximum absolute atomic E-state index is 12.3. The van der Waals surface area contributed by atoms with Gasteiger partial charge in [0.1, 0.15) is 18.0 Å². The number of phenols is 1. The van der Waals surface area contributed by atoms with E-state index in [2.05, 4.69) is 15.5 Å². The molecule has 0 spiro atoms. The molecule has 0 radical (unpaired) electrons. The highest BCUT2D eigenvalue weighted by Crippen LogP contribution is 2.23. The second kappa shape index (κ2) is 7.18. The Hall–Kier alpha value is -3.13. The van der Waals surface area contributed by atoms with E-state index in [4.69, 9.17) is 17.0 Å². The Morgan fingerprint density at radius 1 is 1.28 bits per heavy atom. The predicted molar refractivity (Wildman–Crippen MR) is 96.1 cm³/mol. The van der Waals surface area contributed by atoms with Crippen LogP contribution in [-0.2, 0) is 11.3 Å². The highest BCUT2D eigenvalue weighted by molar-refractivity contribution is 7.71. The van der Waals surface area contributed by atoms with Crippen LogP contribution in [0.4, 0.5) is 5.69 Å². The molecule has 0 aliphatic rings. The molecule has 0 fully saturated rings. The molecule has 8 heteroatoms. The molecule has 0 saturated heterocycles. The molecule has 0 atom stereocenters. The van der Waals surface area contributed by atoms with E-state index in [0.29, 0.717) is 16.3 Å². The van der Waals surface area contributed by atoms with Crippen LogP contribution < -0.4 is 10.1 Å². The molecular formula is C17H16N4O3S. The Morgan fingerprint density at radius 2 is 2.00 bits per heavy atom. The molecule has 128 valence electrons. The first kappa shape index (κ1) is 16.7. The van der Waals surface area contributed by atoms with Crippen LogP contribution in [0.5, 0.6) is 11.5 Å². The van der Waals surface area contributed by atoms with Gasteiger partial charge in [0.2, 0.25) is 5.91 Å². The van der Waals surface area contributed by atoms with Crippen molar-refractivity contribution in [3.63, 3.8) is 0 Å². The first-order valence-electron chi connectivity index (χ1n) is 7.46. The predicted octanol–water partition coefficient (Wildman–Crippen LogP) is 2.96. The number of phenolic OH excluding ortho intramolecular Hbond substituents is 1. The van der Waals surface area contributed by atoms with Crippen LogP contribution in [0, 0.1) is 4.77 Å². The van der Waals surface area contributed by atoms with Crippen molar-refractivity contribution in [1.29, 1.82) is 0 Å². The fourth-order valence-electron chi connectivity index (χ4n) is 2.34. The van der Waals surface area contributed by atoms with Crippen molar-refractivity contribution in [3.8, 4) is 22.9 Å². The number of anilines is 1. The van der Waals surface area contributed by atoms with Gasteiger partial charge in [0.25, 0.3) is 0 Å². The topological polar surface area (TPSA) is 92.2 Å². The van der Waals surface area contributed by atoms with Gasteiger partial charge in [-0.25, -0.2) is 0 Å². The van der Waals surface area contributed by atoms with Crippen molar-refractivity contribution < 1.29 is 14.6 Å². The Labute approximate surface area is 148 Å². The van der Waals surface area contributed by atoms with Gasteiger partial charge < -0.3 is 15.2 Å². The Balaban J connectivity index is 1.83. The fourth-order valence-corrected chi connectivity index (χ4v) is 2.53. The molecule has 0 bridgehead atoms. The van der Waals surface area contributed by atoms with Gasteiger partial charge in [-0.15, -0.1) is 0 Å². The molecule has 3 rings (SSSR count). The second-order valence-electron chi connectivity index (χ2n) is 5.23. The summed E-state index contributed by atoms with van der Waals surface area (Å²) in [6, 6.07) is 13.8. The molecule has 1 aromatic heterocycles. The molecule has 2 aromatic carbocycles. The number of nitrogens with one attached hydrogen (secondary N) is 2. The zero-order chi connectivity index (χ0) is 17.8. The summed E-state index contributed by atoms with van der Waals surface area (Å²) < 4.78 is 7.06. The van der Waals surface area contributed by atoms with Crippen molar-refractivity contribution in [2.45, 2.75) is 6.54 Å². The number of ether oxygens (including phenoxy) is 1. The summed E-state index contributed by atoms with van der Waals surface area (Å²) in [5, 5.41) is 19.3. The summed E-state index contributed by atoms with van der Waals surface area (Å²) >= 11 is 5.22. The maximum Gasteiger partial charge on any atom is 0.244 e. The summed E-state index contributed by atoms with van der Waals surface area (Å²) in [4.78, 5) is 12.3. The third-order valence-electron chi connectivity index (χ3n) is 3.59. The number of rotatable bonds is 5. The third kappa shape index (κ3) is 3.69. The van der Waals surface area contributed by atoms with Gasteiger partial charge >= 0.3 is 0 Å². The summed E-state index contributed by atoms with van der Waals surface area (Å²) in [6.45, 7) is -0.0367. The zero-order valence-electron chi connectivity index (χ0n) is 13.4. The van der Waals surface area contributed by atoms with Crippen LogP contribution in [0.1, 0.15) is 0 Å². The van der Waals surface area contributed by atoms with E-state index in [9.17, 15) is 9.90 Å². The second-order valence-corrected chi connectivity index (χ2v) is 5.62. The first-order chi connectivity index (χ1) is 12.1. The van der Waals surface area contributed by atoms with Crippen molar-refractivity contribution in [1.82, 2.24) is 14.8 Å². The zero-order valence-corrected chi connectivity index (χ0v) is 14.2. The average Bonchev–Trinajstić information content (AvgIpc) is 2.98. The van der Waals surface area contributed by atoms with E-state index in [1.54, 1.807) is 42.0 Å². The fraction of sp³-hybridized carbons (Fsp3) is 0.118. The molecule has 0 aliphatic heterocycles. The molecule has 1 heterocycles. The van der Waals surface area contributed by atoms with Gasteiger partial charge in [-0.05, 0) is 48.6 Å². The minimum Gasteiger partial charge on any atom is -0.506 e. The number of hydrogen-bond donors (Lipinski definition) is 3. The summed E-state index contributed by atoms with van der Waals surface area (Å²) in [5.41, 5.74) is 1.14. The molecule has 25 heavy (non-hydrogen) atoms. The summed E-state index contributed by atoms with van der Waals surface area (Å²) in [6.07, 6.45) is 0. The quantitative estimate of drug-likeness (QED) is 0.483. The lowest BCUT2D eigenvalue weighted by molar-refractivity contribution is -0.116. The number of H-pyrrole nitrogens is 1. The van der Waals surface area contributed by atoms with Gasteiger partial charge in [0, 0.05) is 5.56 Å². The van der Waals surface area contributed by atoms with Gasteiger partial charge in [-0.1, -0.05) is 12.1 Å². The smallest absolute Gasteiger partial charge is 0.244 e. The molecule has 0 aliphatic carbocycles. The molecule has 0 unspecified atom stereocenters. The minimum atomic E-state index is -0.325. The number of aromatic hydroxyl groups is 1. The minimum absolute atomic E-state index is 0.00187. The number of para-hydroxylation sites is 2. The Bertz CT molecular complexity index is 947. The Morgan fingerprint density at radius 3 is 2.68 bits per heavy atom. The largest absolute Gasteiger partial charge is 0.506 e. The standard InChI is InChI=1S/C17H16N4O3S/c1-24-12-8-6-11(7-9-12)16-19-20-17(25)21(16)10-15(23)18-13-4-2-3-5-14(13)22/h2-9,22H,10H2,1H3,(H,18,23)(H,20,25). The van der Waals surface area contributed by atoms with Crippen LogP contribution in [-0.4, -0.2) is 32.9 Å². The van der Waals surface area contributed by atoms with E-state index in [1.165, 1.54) is 6.07 Å². The van der Waals surface area contributed by atoms with Crippen LogP contribution in [0.3, 0.4) is 0 Å². The number of aromatic nitrogens is 3. The first-order valence-corrected chi connectivity index (χ1v) is 7.87. The van der Waals surface area contributed by atoms with E-state index < -0.39 is 0 Å². The van der Waals surface area contributed by atoms with Gasteiger partial charge in [-0.3, -0.25) is 14.5 Å². The Kier molecular flexibility index (Phi) is 4.80. The van der Waals surface area contributed by atoms with Crippen molar-refractivity contribution in [3.05, 3.63) is 53.3 Å². The third-order valence-corrected chi connectivity index (χ3v) is 3.90. The van der Waals surface area contributed by atoms with Gasteiger partial charge in [0.05, 0.1) is 12.8 Å². The van der Waals surface area contributed by atoms with Crippen molar-refractivity contribution in [2.75, 3.05) is 12.4 Å². The average molecular weight is 356 g/mol. The molecule has 0 saturated carbocycles. The molecular weight excluding hydrogens is 340 g/mol.